The number of amides is 1. The van der Waals surface area contributed by atoms with Crippen LogP contribution in [0.1, 0.15) is 12.0 Å². The number of rotatable bonds is 7. The van der Waals surface area contributed by atoms with Gasteiger partial charge in [-0.2, -0.15) is 0 Å². The summed E-state index contributed by atoms with van der Waals surface area (Å²) in [6, 6.07) is 2.09. The first-order valence-corrected chi connectivity index (χ1v) is 7.07. The maximum atomic E-state index is 12.0. The average Bonchev–Trinajstić information content (AvgIpc) is 2.88. The number of fused-ring (bicyclic) bond motifs is 1. The number of carboxylic acids is 2. The van der Waals surface area contributed by atoms with E-state index in [0.717, 1.165) is 5.52 Å². The van der Waals surface area contributed by atoms with Gasteiger partial charge in [0, 0.05) is 17.1 Å². The Balaban J connectivity index is 2.08. The van der Waals surface area contributed by atoms with Crippen LogP contribution in [0.15, 0.2) is 24.4 Å². The number of nitrogens with one attached hydrogen (secondary N) is 2. The first kappa shape index (κ1) is 17.3. The third kappa shape index (κ3) is 4.02. The van der Waals surface area contributed by atoms with Gasteiger partial charge >= 0.3 is 11.9 Å². The summed E-state index contributed by atoms with van der Waals surface area (Å²) >= 11 is 0. The summed E-state index contributed by atoms with van der Waals surface area (Å²) in [7, 11) is 0. The van der Waals surface area contributed by atoms with Crippen molar-refractivity contribution < 1.29 is 29.7 Å². The molecule has 9 nitrogen and oxygen atoms in total. The fraction of sp³-hybridized carbons (Fsp3) is 0.267. The van der Waals surface area contributed by atoms with Crippen LogP contribution in [0.4, 0.5) is 0 Å². The van der Waals surface area contributed by atoms with E-state index in [-0.39, 0.29) is 12.2 Å². The fourth-order valence-corrected chi connectivity index (χ4v) is 2.32. The van der Waals surface area contributed by atoms with Gasteiger partial charge in [0.15, 0.2) is 0 Å². The van der Waals surface area contributed by atoms with E-state index >= 15 is 0 Å². The van der Waals surface area contributed by atoms with Crippen molar-refractivity contribution in [3.63, 3.8) is 0 Å². The van der Waals surface area contributed by atoms with Gasteiger partial charge < -0.3 is 31.4 Å². The number of aliphatic carboxylic acids is 2. The Hall–Kier alpha value is -3.07. The van der Waals surface area contributed by atoms with E-state index in [1.165, 1.54) is 12.1 Å². The molecule has 2 rings (SSSR count). The molecule has 0 fully saturated rings. The number of nitrogens with two attached hydrogens (primary N) is 1. The van der Waals surface area contributed by atoms with Gasteiger partial charge in [0.2, 0.25) is 5.91 Å². The largest absolute Gasteiger partial charge is 0.508 e. The van der Waals surface area contributed by atoms with Gasteiger partial charge in [-0.1, -0.05) is 0 Å². The molecule has 7 N–H and O–H groups in total. The molecular weight excluding hydrogens is 318 g/mol. The molecule has 128 valence electrons. The molecule has 0 aliphatic rings. The number of hydrogen-bond donors (Lipinski definition) is 6. The summed E-state index contributed by atoms with van der Waals surface area (Å²) in [5.41, 5.74) is 7.22. The van der Waals surface area contributed by atoms with Crippen LogP contribution in [0.5, 0.6) is 5.75 Å². The van der Waals surface area contributed by atoms with Gasteiger partial charge in [0.05, 0.1) is 12.5 Å². The van der Waals surface area contributed by atoms with Crippen molar-refractivity contribution >= 4 is 28.7 Å². The standard InChI is InChI=1S/C15H17N3O6/c16-10(14(22)18-12(15(23)24)5-13(20)21)3-7-6-17-11-2-1-8(19)4-9(7)11/h1-2,4,6,10,12,17,19H,3,5,16H2,(H,18,22)(H,20,21)(H,23,24). The second-order valence-corrected chi connectivity index (χ2v) is 5.35. The lowest BCUT2D eigenvalue weighted by molar-refractivity contribution is -0.147. The molecule has 0 saturated heterocycles. The molecule has 1 aromatic heterocycles. The zero-order valence-corrected chi connectivity index (χ0v) is 12.5. The Morgan fingerprint density at radius 3 is 2.58 bits per heavy atom. The second kappa shape index (κ2) is 7.01. The van der Waals surface area contributed by atoms with Crippen LogP contribution in [-0.4, -0.2) is 50.2 Å². The number of aromatic nitrogens is 1. The van der Waals surface area contributed by atoms with Gasteiger partial charge in [0.1, 0.15) is 11.8 Å². The minimum absolute atomic E-state index is 0.0637. The number of aromatic amines is 1. The lowest BCUT2D eigenvalue weighted by Crippen LogP contribution is -2.49. The molecule has 0 saturated carbocycles. The Morgan fingerprint density at radius 2 is 1.96 bits per heavy atom. The molecule has 0 bridgehead atoms. The van der Waals surface area contributed by atoms with Crippen molar-refractivity contribution in [2.24, 2.45) is 5.73 Å². The smallest absolute Gasteiger partial charge is 0.326 e. The van der Waals surface area contributed by atoms with E-state index in [0.29, 0.717) is 10.9 Å². The van der Waals surface area contributed by atoms with Gasteiger partial charge in [-0.05, 0) is 30.2 Å². The zero-order valence-electron chi connectivity index (χ0n) is 12.5. The molecule has 9 heteroatoms. The number of phenolic OH excluding ortho intramolecular Hbond substituents is 1. The zero-order chi connectivity index (χ0) is 17.9. The lowest BCUT2D eigenvalue weighted by atomic mass is 10.0. The van der Waals surface area contributed by atoms with Crippen LogP contribution in [0.25, 0.3) is 10.9 Å². The maximum absolute atomic E-state index is 12.0. The quantitative estimate of drug-likeness (QED) is 0.407. The third-order valence-electron chi connectivity index (χ3n) is 3.52. The highest BCUT2D eigenvalue weighted by Gasteiger charge is 2.26. The SMILES string of the molecule is NC(Cc1c[nH]c2ccc(O)cc12)C(=O)NC(CC(=O)O)C(=O)O. The number of carboxylic acid groups (broad SMARTS) is 2. The number of carbonyl (C=O) groups excluding carboxylic acids is 1. The van der Waals surface area contributed by atoms with Gasteiger partial charge in [-0.15, -0.1) is 0 Å². The maximum Gasteiger partial charge on any atom is 0.326 e. The van der Waals surface area contributed by atoms with Crippen molar-refractivity contribution in [3.8, 4) is 5.75 Å². The lowest BCUT2D eigenvalue weighted by Gasteiger charge is -2.16. The number of benzene rings is 1. The minimum atomic E-state index is -1.55. The minimum Gasteiger partial charge on any atom is -0.508 e. The molecule has 0 aliphatic heterocycles. The molecule has 0 spiro atoms. The van der Waals surface area contributed by atoms with Gasteiger partial charge in [-0.25, -0.2) is 4.79 Å². The normalized spacial score (nSPS) is 13.4. The molecule has 2 atom stereocenters. The predicted octanol–water partition coefficient (Wildman–Crippen LogP) is -0.213. The first-order chi connectivity index (χ1) is 11.3. The molecule has 0 aliphatic carbocycles. The summed E-state index contributed by atoms with van der Waals surface area (Å²) in [6.07, 6.45) is 0.993. The number of H-pyrrole nitrogens is 1. The van der Waals surface area contributed by atoms with Crippen LogP contribution in [0, 0.1) is 0 Å². The van der Waals surface area contributed by atoms with Crippen LogP contribution in [-0.2, 0) is 20.8 Å². The number of carbonyl (C=O) groups is 3. The monoisotopic (exact) mass is 335 g/mol. The fourth-order valence-electron chi connectivity index (χ4n) is 2.32. The number of aromatic hydroxyl groups is 1. The van der Waals surface area contributed by atoms with Gasteiger partial charge in [0.25, 0.3) is 0 Å². The Bertz CT molecular complexity index is 785. The van der Waals surface area contributed by atoms with Crippen molar-refractivity contribution in [1.82, 2.24) is 10.3 Å². The van der Waals surface area contributed by atoms with Crippen molar-refractivity contribution in [3.05, 3.63) is 30.0 Å². The molecule has 1 heterocycles. The van der Waals surface area contributed by atoms with Crippen LogP contribution in [0.3, 0.4) is 0 Å². The topological polar surface area (TPSA) is 166 Å². The first-order valence-electron chi connectivity index (χ1n) is 7.07. The van der Waals surface area contributed by atoms with Crippen molar-refractivity contribution in [1.29, 1.82) is 0 Å². The molecule has 2 unspecified atom stereocenters. The number of hydrogen-bond acceptors (Lipinski definition) is 5. The Kier molecular flexibility index (Phi) is 5.05. The molecule has 1 amide bonds. The molecular formula is C15H17N3O6. The molecule has 1 aromatic carbocycles. The summed E-state index contributed by atoms with van der Waals surface area (Å²) < 4.78 is 0. The average molecular weight is 335 g/mol. The van der Waals surface area contributed by atoms with Crippen LogP contribution < -0.4 is 11.1 Å². The van der Waals surface area contributed by atoms with E-state index in [2.05, 4.69) is 10.3 Å². The Labute approximate surface area is 136 Å². The van der Waals surface area contributed by atoms with E-state index in [1.54, 1.807) is 12.3 Å². The van der Waals surface area contributed by atoms with E-state index < -0.39 is 36.4 Å². The Morgan fingerprint density at radius 1 is 1.25 bits per heavy atom. The summed E-state index contributed by atoms with van der Waals surface area (Å²) in [5.74, 6) is -3.50. The number of phenols is 1. The van der Waals surface area contributed by atoms with E-state index in [1.807, 2.05) is 0 Å². The van der Waals surface area contributed by atoms with Crippen molar-refractivity contribution in [2.75, 3.05) is 0 Å². The van der Waals surface area contributed by atoms with Crippen molar-refractivity contribution in [2.45, 2.75) is 24.9 Å². The highest BCUT2D eigenvalue weighted by molar-refractivity contribution is 5.90. The molecule has 0 radical (unpaired) electrons. The molecule has 24 heavy (non-hydrogen) atoms. The predicted molar refractivity (Wildman–Crippen MR) is 83.5 cm³/mol. The van der Waals surface area contributed by atoms with Crippen LogP contribution in [0.2, 0.25) is 0 Å². The second-order valence-electron chi connectivity index (χ2n) is 5.35. The molecule has 2 aromatic rings. The highest BCUT2D eigenvalue weighted by atomic mass is 16.4. The third-order valence-corrected chi connectivity index (χ3v) is 3.52. The summed E-state index contributed by atoms with van der Waals surface area (Å²) in [4.78, 5) is 36.6. The van der Waals surface area contributed by atoms with E-state index in [9.17, 15) is 19.5 Å². The van der Waals surface area contributed by atoms with Gasteiger partial charge in [-0.3, -0.25) is 9.59 Å². The summed E-state index contributed by atoms with van der Waals surface area (Å²) in [6.45, 7) is 0. The van der Waals surface area contributed by atoms with E-state index in [4.69, 9.17) is 15.9 Å². The summed E-state index contributed by atoms with van der Waals surface area (Å²) in [5, 5.41) is 29.9. The van der Waals surface area contributed by atoms with Crippen LogP contribution >= 0.6 is 0 Å². The highest BCUT2D eigenvalue weighted by Crippen LogP contribution is 2.23.